The van der Waals surface area contributed by atoms with Crippen molar-refractivity contribution in [3.8, 4) is 0 Å². The van der Waals surface area contributed by atoms with Gasteiger partial charge in [-0.05, 0) is 6.42 Å². The number of carbonyl (C=O) groups is 1. The van der Waals surface area contributed by atoms with E-state index in [9.17, 15) is 4.79 Å². The van der Waals surface area contributed by atoms with Gasteiger partial charge in [0.1, 0.15) is 6.04 Å². The average molecular weight is 142 g/mol. The summed E-state index contributed by atoms with van der Waals surface area (Å²) in [4.78, 5) is 12.5. The predicted molar refractivity (Wildman–Crippen MR) is 34.5 cm³/mol. The predicted octanol–water partition coefficient (Wildman–Crippen LogP) is -0.925. The topological polar surface area (TPSA) is 52.6 Å². The highest BCUT2D eigenvalue weighted by molar-refractivity contribution is 5.74. The van der Waals surface area contributed by atoms with Crippen LogP contribution < -0.4 is 5.32 Å². The number of aliphatic carboxylic acids is 1. The minimum absolute atomic E-state index is 0.216. The largest absolute Gasteiger partial charge is 0.480 e. The van der Waals surface area contributed by atoms with Crippen molar-refractivity contribution in [2.45, 2.75) is 18.5 Å². The molecule has 0 aromatic heterocycles. The third-order valence-corrected chi connectivity index (χ3v) is 2.27. The third-order valence-electron chi connectivity index (χ3n) is 2.27. The molecule has 56 valence electrons. The Bertz CT molecular complexity index is 171. The molecule has 3 unspecified atom stereocenters. The molecule has 2 N–H and O–H groups in total. The molecule has 4 heteroatoms. The van der Waals surface area contributed by atoms with Gasteiger partial charge in [0.05, 0.1) is 0 Å². The lowest BCUT2D eigenvalue weighted by Gasteiger charge is -2.20. The number of rotatable bonds is 1. The molecule has 2 saturated heterocycles. The van der Waals surface area contributed by atoms with Crippen LogP contribution in [-0.4, -0.2) is 41.3 Å². The Labute approximate surface area is 58.8 Å². The van der Waals surface area contributed by atoms with Gasteiger partial charge in [-0.3, -0.25) is 9.69 Å². The highest BCUT2D eigenvalue weighted by Crippen LogP contribution is 2.21. The van der Waals surface area contributed by atoms with Gasteiger partial charge >= 0.3 is 5.97 Å². The molecule has 0 aromatic rings. The minimum Gasteiger partial charge on any atom is -0.480 e. The minimum atomic E-state index is -0.677. The molecular weight excluding hydrogens is 132 g/mol. The summed E-state index contributed by atoms with van der Waals surface area (Å²) < 4.78 is 0. The number of carboxylic acid groups (broad SMARTS) is 1. The molecule has 0 spiro atoms. The molecule has 0 aromatic carbocycles. The van der Waals surface area contributed by atoms with Crippen LogP contribution in [0.3, 0.4) is 0 Å². The number of fused-ring (bicyclic) bond motifs is 2. The molecule has 2 aliphatic heterocycles. The van der Waals surface area contributed by atoms with Gasteiger partial charge < -0.3 is 10.4 Å². The van der Waals surface area contributed by atoms with Crippen LogP contribution in [0.15, 0.2) is 0 Å². The van der Waals surface area contributed by atoms with Gasteiger partial charge in [0.2, 0.25) is 0 Å². The number of carboxylic acids is 1. The molecule has 0 amide bonds. The zero-order valence-corrected chi connectivity index (χ0v) is 5.58. The van der Waals surface area contributed by atoms with E-state index in [2.05, 4.69) is 5.32 Å². The first kappa shape index (κ1) is 6.12. The summed E-state index contributed by atoms with van der Waals surface area (Å²) in [7, 11) is 0. The molecule has 2 heterocycles. The van der Waals surface area contributed by atoms with Gasteiger partial charge in [0.15, 0.2) is 0 Å². The second-order valence-electron chi connectivity index (χ2n) is 2.92. The van der Waals surface area contributed by atoms with Crippen molar-refractivity contribution in [2.75, 3.05) is 13.2 Å². The Morgan fingerprint density at radius 1 is 1.70 bits per heavy atom. The molecule has 4 nitrogen and oxygen atoms in total. The highest BCUT2D eigenvalue weighted by Gasteiger charge is 2.40. The summed E-state index contributed by atoms with van der Waals surface area (Å²) >= 11 is 0. The second kappa shape index (κ2) is 1.93. The molecule has 3 atom stereocenters. The van der Waals surface area contributed by atoms with Crippen LogP contribution in [0.1, 0.15) is 6.42 Å². The Balaban J connectivity index is 2.08. The van der Waals surface area contributed by atoms with Crippen molar-refractivity contribution >= 4 is 5.97 Å². The lowest BCUT2D eigenvalue weighted by molar-refractivity contribution is -0.142. The number of hydrogen-bond acceptors (Lipinski definition) is 3. The maximum absolute atomic E-state index is 10.5. The Morgan fingerprint density at radius 3 is 2.80 bits per heavy atom. The molecule has 2 rings (SSSR count). The van der Waals surface area contributed by atoms with Crippen molar-refractivity contribution in [3.63, 3.8) is 0 Å². The van der Waals surface area contributed by atoms with Gasteiger partial charge in [0.25, 0.3) is 0 Å². The zero-order valence-electron chi connectivity index (χ0n) is 5.58. The molecule has 10 heavy (non-hydrogen) atoms. The molecule has 2 fully saturated rings. The van der Waals surface area contributed by atoms with E-state index in [1.165, 1.54) is 0 Å². The lowest BCUT2D eigenvalue weighted by Crippen LogP contribution is -2.42. The van der Waals surface area contributed by atoms with Crippen LogP contribution in [0.5, 0.6) is 0 Å². The van der Waals surface area contributed by atoms with Crippen LogP contribution in [0, 0.1) is 0 Å². The maximum Gasteiger partial charge on any atom is 0.321 e. The molecular formula is C6H10N2O2. The third kappa shape index (κ3) is 0.726. The van der Waals surface area contributed by atoms with E-state index in [0.717, 1.165) is 19.6 Å². The van der Waals surface area contributed by atoms with E-state index >= 15 is 0 Å². The van der Waals surface area contributed by atoms with Crippen molar-refractivity contribution in [3.05, 3.63) is 0 Å². The van der Waals surface area contributed by atoms with Crippen molar-refractivity contribution in [1.82, 2.24) is 10.2 Å². The van der Waals surface area contributed by atoms with Crippen molar-refractivity contribution in [2.24, 2.45) is 0 Å². The first-order valence-corrected chi connectivity index (χ1v) is 3.47. The fourth-order valence-electron chi connectivity index (χ4n) is 1.73. The Hall–Kier alpha value is -0.610. The van der Waals surface area contributed by atoms with Crippen LogP contribution in [0.4, 0.5) is 0 Å². The first-order chi connectivity index (χ1) is 4.77. The van der Waals surface area contributed by atoms with E-state index in [1.807, 2.05) is 4.90 Å². The number of nitrogens with one attached hydrogen (secondary N) is 1. The van der Waals surface area contributed by atoms with Crippen LogP contribution >= 0.6 is 0 Å². The summed E-state index contributed by atoms with van der Waals surface area (Å²) in [6.07, 6.45) is 0.773. The Morgan fingerprint density at radius 2 is 2.50 bits per heavy atom. The second-order valence-corrected chi connectivity index (χ2v) is 2.92. The van der Waals surface area contributed by atoms with Gasteiger partial charge in [-0.2, -0.15) is 0 Å². The first-order valence-electron chi connectivity index (χ1n) is 3.47. The number of hydrogen-bond donors (Lipinski definition) is 2. The molecule has 2 aliphatic rings. The fraction of sp³-hybridized carbons (Fsp3) is 0.833. The quantitative estimate of drug-likeness (QED) is 0.497. The fourth-order valence-corrected chi connectivity index (χ4v) is 1.73. The van der Waals surface area contributed by atoms with Crippen molar-refractivity contribution in [1.29, 1.82) is 0 Å². The summed E-state index contributed by atoms with van der Waals surface area (Å²) in [5.74, 6) is -0.677. The van der Waals surface area contributed by atoms with Gasteiger partial charge in [0, 0.05) is 19.3 Å². The average Bonchev–Trinajstić information content (AvgIpc) is 2.44. The summed E-state index contributed by atoms with van der Waals surface area (Å²) in [5, 5.41) is 11.9. The highest BCUT2D eigenvalue weighted by atomic mass is 16.4. The number of nitrogens with zero attached hydrogens (tertiary/aromatic N) is 1. The van der Waals surface area contributed by atoms with E-state index in [-0.39, 0.29) is 6.04 Å². The SMILES string of the molecule is O=C(O)C1CC2CN1CN2. The van der Waals surface area contributed by atoms with E-state index < -0.39 is 5.97 Å². The normalized spacial score (nSPS) is 44.2. The molecule has 2 bridgehead atoms. The monoisotopic (exact) mass is 142 g/mol. The molecule has 0 aliphatic carbocycles. The van der Waals surface area contributed by atoms with E-state index in [0.29, 0.717) is 6.04 Å². The summed E-state index contributed by atoms with van der Waals surface area (Å²) in [6.45, 7) is 1.67. The van der Waals surface area contributed by atoms with Crippen LogP contribution in [0.25, 0.3) is 0 Å². The summed E-state index contributed by atoms with van der Waals surface area (Å²) in [6, 6.07) is 0.215. The van der Waals surface area contributed by atoms with E-state index in [4.69, 9.17) is 5.11 Å². The van der Waals surface area contributed by atoms with Gasteiger partial charge in [-0.1, -0.05) is 0 Å². The summed E-state index contributed by atoms with van der Waals surface area (Å²) in [5.41, 5.74) is 0. The standard InChI is InChI=1S/C6H10N2O2/c9-6(10)5-1-4-2-8(5)3-7-4/h4-5,7H,1-3H2,(H,9,10). The Kier molecular flexibility index (Phi) is 1.18. The van der Waals surface area contributed by atoms with Gasteiger partial charge in [-0.15, -0.1) is 0 Å². The molecule has 0 radical (unpaired) electrons. The smallest absolute Gasteiger partial charge is 0.321 e. The van der Waals surface area contributed by atoms with Crippen molar-refractivity contribution < 1.29 is 9.90 Å². The van der Waals surface area contributed by atoms with Crippen LogP contribution in [-0.2, 0) is 4.79 Å². The van der Waals surface area contributed by atoms with Gasteiger partial charge in [-0.25, -0.2) is 0 Å². The zero-order chi connectivity index (χ0) is 7.14. The lowest BCUT2D eigenvalue weighted by atomic mass is 10.1. The molecule has 0 saturated carbocycles. The maximum atomic E-state index is 10.5. The van der Waals surface area contributed by atoms with Crippen LogP contribution in [0.2, 0.25) is 0 Å². The van der Waals surface area contributed by atoms with E-state index in [1.54, 1.807) is 0 Å².